The van der Waals surface area contributed by atoms with Crippen LogP contribution in [0.4, 0.5) is 5.69 Å². The molecule has 98 valence electrons. The normalized spacial score (nSPS) is 22.8. The lowest BCUT2D eigenvalue weighted by atomic mass is 10.1. The Hall–Kier alpha value is -1.26. The number of carbonyl (C=O) groups is 1. The Balaban J connectivity index is 2.18. The van der Waals surface area contributed by atoms with Gasteiger partial charge in [-0.1, -0.05) is 11.6 Å². The molecule has 0 aromatic heterocycles. The summed E-state index contributed by atoms with van der Waals surface area (Å²) >= 11 is 5.90. The summed E-state index contributed by atoms with van der Waals surface area (Å²) in [6.45, 7) is 0. The van der Waals surface area contributed by atoms with Crippen LogP contribution in [0, 0.1) is 0 Å². The zero-order valence-corrected chi connectivity index (χ0v) is 11.0. The molecule has 1 aromatic rings. The fourth-order valence-corrected chi connectivity index (χ4v) is 2.46. The second-order valence-electron chi connectivity index (χ2n) is 4.60. The first-order valence-corrected chi connectivity index (χ1v) is 6.38. The van der Waals surface area contributed by atoms with Crippen LogP contribution in [-0.4, -0.2) is 25.2 Å². The van der Waals surface area contributed by atoms with Gasteiger partial charge in [-0.15, -0.1) is 0 Å². The third-order valence-electron chi connectivity index (χ3n) is 3.22. The van der Waals surface area contributed by atoms with Gasteiger partial charge in [-0.3, -0.25) is 0 Å². The van der Waals surface area contributed by atoms with Crippen LogP contribution in [0.2, 0.25) is 5.02 Å². The first-order chi connectivity index (χ1) is 8.60. The van der Waals surface area contributed by atoms with Crippen LogP contribution in [0.15, 0.2) is 18.2 Å². The quantitative estimate of drug-likeness (QED) is 0.827. The molecule has 1 fully saturated rings. The Bertz CT molecular complexity index is 451. The summed E-state index contributed by atoms with van der Waals surface area (Å²) in [4.78, 5) is 11.7. The van der Waals surface area contributed by atoms with Gasteiger partial charge in [0, 0.05) is 22.8 Å². The van der Waals surface area contributed by atoms with Crippen molar-refractivity contribution in [3.63, 3.8) is 0 Å². The van der Waals surface area contributed by atoms with Gasteiger partial charge < -0.3 is 15.8 Å². The Labute approximate surface area is 111 Å². The van der Waals surface area contributed by atoms with Crippen molar-refractivity contribution in [2.45, 2.75) is 31.3 Å². The number of hydrogen-bond acceptors (Lipinski definition) is 4. The molecular formula is C13H17ClN2O2. The van der Waals surface area contributed by atoms with E-state index in [1.165, 1.54) is 7.11 Å². The number of benzene rings is 1. The first-order valence-electron chi connectivity index (χ1n) is 6.00. The molecule has 18 heavy (non-hydrogen) atoms. The van der Waals surface area contributed by atoms with E-state index in [1.807, 2.05) is 0 Å². The minimum atomic E-state index is -0.387. The van der Waals surface area contributed by atoms with Crippen molar-refractivity contribution < 1.29 is 9.53 Å². The van der Waals surface area contributed by atoms with Crippen molar-refractivity contribution in [1.29, 1.82) is 0 Å². The third-order valence-corrected chi connectivity index (χ3v) is 3.45. The SMILES string of the molecule is COC(=O)c1cc(Cl)ccc1NC1CCC(N)C1. The van der Waals surface area contributed by atoms with E-state index in [2.05, 4.69) is 5.32 Å². The summed E-state index contributed by atoms with van der Waals surface area (Å²) in [6, 6.07) is 5.73. The Morgan fingerprint density at radius 2 is 2.28 bits per heavy atom. The number of anilines is 1. The summed E-state index contributed by atoms with van der Waals surface area (Å²) in [6.07, 6.45) is 2.95. The first kappa shape index (κ1) is 13.2. The molecule has 0 bridgehead atoms. The maximum absolute atomic E-state index is 11.7. The standard InChI is InChI=1S/C13H17ClN2O2/c1-18-13(17)11-6-8(14)2-5-12(11)16-10-4-3-9(15)7-10/h2,5-6,9-10,16H,3-4,7,15H2,1H3. The molecule has 2 atom stereocenters. The largest absolute Gasteiger partial charge is 0.465 e. The number of halogens is 1. The highest BCUT2D eigenvalue weighted by Crippen LogP contribution is 2.26. The molecule has 0 amide bonds. The van der Waals surface area contributed by atoms with Gasteiger partial charge in [0.15, 0.2) is 0 Å². The van der Waals surface area contributed by atoms with Crippen molar-refractivity contribution in [3.8, 4) is 0 Å². The van der Waals surface area contributed by atoms with E-state index in [1.54, 1.807) is 18.2 Å². The number of rotatable bonds is 3. The molecule has 3 N–H and O–H groups in total. The zero-order valence-electron chi connectivity index (χ0n) is 10.3. The molecule has 0 aliphatic heterocycles. The monoisotopic (exact) mass is 268 g/mol. The average molecular weight is 269 g/mol. The lowest BCUT2D eigenvalue weighted by Crippen LogP contribution is -2.22. The van der Waals surface area contributed by atoms with Gasteiger partial charge in [-0.2, -0.15) is 0 Å². The van der Waals surface area contributed by atoms with Crippen molar-refractivity contribution in [2.75, 3.05) is 12.4 Å². The van der Waals surface area contributed by atoms with Crippen molar-refractivity contribution in [3.05, 3.63) is 28.8 Å². The highest BCUT2D eigenvalue weighted by atomic mass is 35.5. The van der Waals surface area contributed by atoms with Crippen molar-refractivity contribution >= 4 is 23.3 Å². The molecule has 2 rings (SSSR count). The van der Waals surface area contributed by atoms with E-state index < -0.39 is 0 Å². The number of carbonyl (C=O) groups excluding carboxylic acids is 1. The molecule has 0 saturated heterocycles. The summed E-state index contributed by atoms with van der Waals surface area (Å²) in [7, 11) is 1.36. The molecule has 2 unspecified atom stereocenters. The summed E-state index contributed by atoms with van der Waals surface area (Å²) < 4.78 is 4.76. The minimum absolute atomic E-state index is 0.247. The number of ether oxygens (including phenoxy) is 1. The van der Waals surface area contributed by atoms with Crippen LogP contribution in [0.25, 0.3) is 0 Å². The smallest absolute Gasteiger partial charge is 0.340 e. The van der Waals surface area contributed by atoms with E-state index >= 15 is 0 Å². The number of esters is 1. The number of nitrogens with two attached hydrogens (primary N) is 1. The van der Waals surface area contributed by atoms with Crippen molar-refractivity contribution in [1.82, 2.24) is 0 Å². The molecular weight excluding hydrogens is 252 g/mol. The minimum Gasteiger partial charge on any atom is -0.465 e. The molecule has 0 radical (unpaired) electrons. The zero-order chi connectivity index (χ0) is 13.1. The Kier molecular flexibility index (Phi) is 4.09. The highest BCUT2D eigenvalue weighted by molar-refractivity contribution is 6.31. The van der Waals surface area contributed by atoms with Crippen LogP contribution >= 0.6 is 11.6 Å². The average Bonchev–Trinajstić information content (AvgIpc) is 2.76. The molecule has 0 spiro atoms. The molecule has 0 heterocycles. The third kappa shape index (κ3) is 2.94. The second kappa shape index (κ2) is 5.59. The fourth-order valence-electron chi connectivity index (χ4n) is 2.29. The van der Waals surface area contributed by atoms with Crippen LogP contribution < -0.4 is 11.1 Å². The van der Waals surface area contributed by atoms with Gasteiger partial charge in [0.2, 0.25) is 0 Å². The molecule has 1 aliphatic rings. The van der Waals surface area contributed by atoms with Gasteiger partial charge in [-0.05, 0) is 37.5 Å². The van der Waals surface area contributed by atoms with Gasteiger partial charge >= 0.3 is 5.97 Å². The Morgan fingerprint density at radius 3 is 2.89 bits per heavy atom. The summed E-state index contributed by atoms with van der Waals surface area (Å²) in [5, 5.41) is 3.86. The number of nitrogens with one attached hydrogen (secondary N) is 1. The van der Waals surface area contributed by atoms with E-state index in [0.29, 0.717) is 16.6 Å². The van der Waals surface area contributed by atoms with Crippen LogP contribution in [0.1, 0.15) is 29.6 Å². The van der Waals surface area contributed by atoms with Crippen LogP contribution in [0.5, 0.6) is 0 Å². The maximum atomic E-state index is 11.7. The molecule has 1 aliphatic carbocycles. The van der Waals surface area contributed by atoms with Gasteiger partial charge in [-0.25, -0.2) is 4.79 Å². The van der Waals surface area contributed by atoms with E-state index in [4.69, 9.17) is 22.1 Å². The molecule has 1 aromatic carbocycles. The predicted octanol–water partition coefficient (Wildman–Crippen LogP) is 2.42. The van der Waals surface area contributed by atoms with Crippen molar-refractivity contribution in [2.24, 2.45) is 5.73 Å². The second-order valence-corrected chi connectivity index (χ2v) is 5.03. The topological polar surface area (TPSA) is 64.3 Å². The van der Waals surface area contributed by atoms with Gasteiger partial charge in [0.25, 0.3) is 0 Å². The Morgan fingerprint density at radius 1 is 1.50 bits per heavy atom. The molecule has 5 heteroatoms. The molecule has 1 saturated carbocycles. The van der Waals surface area contributed by atoms with Gasteiger partial charge in [0.05, 0.1) is 12.7 Å². The lowest BCUT2D eigenvalue weighted by Gasteiger charge is -2.16. The van der Waals surface area contributed by atoms with Crippen LogP contribution in [-0.2, 0) is 4.74 Å². The predicted molar refractivity (Wildman–Crippen MR) is 72.0 cm³/mol. The number of hydrogen-bond donors (Lipinski definition) is 2. The summed E-state index contributed by atoms with van der Waals surface area (Å²) in [5.41, 5.74) is 7.09. The lowest BCUT2D eigenvalue weighted by molar-refractivity contribution is 0.0602. The summed E-state index contributed by atoms with van der Waals surface area (Å²) in [5.74, 6) is -0.387. The van der Waals surface area contributed by atoms with E-state index in [9.17, 15) is 4.79 Å². The highest BCUT2D eigenvalue weighted by Gasteiger charge is 2.23. The molecule has 4 nitrogen and oxygen atoms in total. The fraction of sp³-hybridized carbons (Fsp3) is 0.462. The van der Waals surface area contributed by atoms with Crippen LogP contribution in [0.3, 0.4) is 0 Å². The number of methoxy groups -OCH3 is 1. The maximum Gasteiger partial charge on any atom is 0.340 e. The van der Waals surface area contributed by atoms with E-state index in [0.717, 1.165) is 24.9 Å². The van der Waals surface area contributed by atoms with Gasteiger partial charge in [0.1, 0.15) is 0 Å². The van der Waals surface area contributed by atoms with E-state index in [-0.39, 0.29) is 12.0 Å².